The van der Waals surface area contributed by atoms with E-state index in [9.17, 15) is 9.59 Å². The molecule has 1 atom stereocenters. The molecule has 5 heteroatoms. The zero-order valence-electron chi connectivity index (χ0n) is 14.0. The fourth-order valence-corrected chi connectivity index (χ4v) is 1.78. The number of ether oxygens (including phenoxy) is 1. The van der Waals surface area contributed by atoms with Gasteiger partial charge in [0, 0.05) is 6.54 Å². The Morgan fingerprint density at radius 2 is 1.73 bits per heavy atom. The van der Waals surface area contributed by atoms with Gasteiger partial charge in [-0.1, -0.05) is 44.2 Å². The Bertz CT molecular complexity index is 492. The Labute approximate surface area is 132 Å². The number of carbonyl (C=O) groups is 2. The standard InChI is InChI=1S/C17H26N2O3/c1-12(2)11-18-15(20)14(13-9-7-6-8-10-13)19-16(21)22-17(3,4)5/h6-10,12,14H,11H2,1-5H3,(H,18,20)(H,19,21)/t14-/m0/s1. The van der Waals surface area contributed by atoms with E-state index in [0.29, 0.717) is 12.5 Å². The van der Waals surface area contributed by atoms with Gasteiger partial charge in [0.2, 0.25) is 5.91 Å². The topological polar surface area (TPSA) is 67.4 Å². The number of alkyl carbamates (subject to hydrolysis) is 1. The lowest BCUT2D eigenvalue weighted by molar-refractivity contribution is -0.123. The number of carbonyl (C=O) groups excluding carboxylic acids is 2. The number of hydrogen-bond acceptors (Lipinski definition) is 3. The number of hydrogen-bond donors (Lipinski definition) is 2. The maximum Gasteiger partial charge on any atom is 0.408 e. The highest BCUT2D eigenvalue weighted by Crippen LogP contribution is 2.15. The van der Waals surface area contributed by atoms with E-state index in [1.807, 2.05) is 32.0 Å². The normalized spacial score (nSPS) is 12.6. The van der Waals surface area contributed by atoms with Crippen LogP contribution in [0.3, 0.4) is 0 Å². The van der Waals surface area contributed by atoms with Crippen LogP contribution in [0.2, 0.25) is 0 Å². The summed E-state index contributed by atoms with van der Waals surface area (Å²) in [5.41, 5.74) is 0.106. The summed E-state index contributed by atoms with van der Waals surface area (Å²) >= 11 is 0. The summed E-state index contributed by atoms with van der Waals surface area (Å²) in [5, 5.41) is 5.48. The van der Waals surface area contributed by atoms with Crippen LogP contribution in [0, 0.1) is 5.92 Å². The molecule has 0 spiro atoms. The Kier molecular flexibility index (Phi) is 6.40. The molecule has 2 amide bonds. The van der Waals surface area contributed by atoms with Gasteiger partial charge < -0.3 is 15.4 Å². The third kappa shape index (κ3) is 6.61. The molecule has 5 nitrogen and oxygen atoms in total. The average molecular weight is 306 g/mol. The third-order valence-electron chi connectivity index (χ3n) is 2.74. The smallest absolute Gasteiger partial charge is 0.408 e. The molecule has 0 aromatic heterocycles. The first kappa shape index (κ1) is 18.0. The SMILES string of the molecule is CC(C)CNC(=O)[C@@H](NC(=O)OC(C)(C)C)c1ccccc1. The van der Waals surface area contributed by atoms with Crippen LogP contribution in [0.5, 0.6) is 0 Å². The largest absolute Gasteiger partial charge is 0.444 e. The number of nitrogens with one attached hydrogen (secondary N) is 2. The molecule has 0 aliphatic rings. The van der Waals surface area contributed by atoms with E-state index in [-0.39, 0.29) is 5.91 Å². The monoisotopic (exact) mass is 306 g/mol. The van der Waals surface area contributed by atoms with Gasteiger partial charge in [-0.15, -0.1) is 0 Å². The van der Waals surface area contributed by atoms with Crippen LogP contribution in [0.15, 0.2) is 30.3 Å². The molecule has 0 unspecified atom stereocenters. The summed E-state index contributed by atoms with van der Waals surface area (Å²) in [6.07, 6.45) is -0.610. The summed E-state index contributed by atoms with van der Waals surface area (Å²) in [6.45, 7) is 9.92. The highest BCUT2D eigenvalue weighted by Gasteiger charge is 2.25. The van der Waals surface area contributed by atoms with Crippen molar-refractivity contribution in [2.24, 2.45) is 5.92 Å². The van der Waals surface area contributed by atoms with E-state index in [1.165, 1.54) is 0 Å². The van der Waals surface area contributed by atoms with Crippen LogP contribution in [-0.2, 0) is 9.53 Å². The minimum absolute atomic E-state index is 0.245. The fraction of sp³-hybridized carbons (Fsp3) is 0.529. The van der Waals surface area contributed by atoms with Crippen molar-refractivity contribution in [3.05, 3.63) is 35.9 Å². The summed E-state index contributed by atoms with van der Waals surface area (Å²) in [7, 11) is 0. The molecule has 0 heterocycles. The lowest BCUT2D eigenvalue weighted by atomic mass is 10.1. The minimum atomic E-state index is -0.769. The van der Waals surface area contributed by atoms with Crippen molar-refractivity contribution in [2.75, 3.05) is 6.54 Å². The van der Waals surface area contributed by atoms with Gasteiger partial charge in [0.25, 0.3) is 0 Å². The number of rotatable bonds is 5. The van der Waals surface area contributed by atoms with E-state index in [0.717, 1.165) is 5.56 Å². The molecule has 1 aromatic rings. The second kappa shape index (κ2) is 7.82. The van der Waals surface area contributed by atoms with Gasteiger partial charge in [-0.3, -0.25) is 4.79 Å². The molecule has 122 valence electrons. The predicted molar refractivity (Wildman–Crippen MR) is 86.4 cm³/mol. The minimum Gasteiger partial charge on any atom is -0.444 e. The van der Waals surface area contributed by atoms with Crippen molar-refractivity contribution in [1.82, 2.24) is 10.6 Å². The van der Waals surface area contributed by atoms with Gasteiger partial charge in [0.05, 0.1) is 0 Å². The molecule has 2 N–H and O–H groups in total. The molecular weight excluding hydrogens is 280 g/mol. The van der Waals surface area contributed by atoms with Crippen LogP contribution in [0.1, 0.15) is 46.2 Å². The molecule has 0 saturated carbocycles. The molecule has 0 bridgehead atoms. The van der Waals surface area contributed by atoms with Crippen molar-refractivity contribution >= 4 is 12.0 Å². The van der Waals surface area contributed by atoms with E-state index in [4.69, 9.17) is 4.74 Å². The first-order valence-corrected chi connectivity index (χ1v) is 7.51. The first-order valence-electron chi connectivity index (χ1n) is 7.51. The first-order chi connectivity index (χ1) is 10.2. The van der Waals surface area contributed by atoms with Gasteiger partial charge in [-0.25, -0.2) is 4.79 Å². The molecular formula is C17H26N2O3. The molecule has 0 radical (unpaired) electrons. The van der Waals surface area contributed by atoms with E-state index >= 15 is 0 Å². The van der Waals surface area contributed by atoms with E-state index in [1.54, 1.807) is 32.9 Å². The second-order valence-corrected chi connectivity index (χ2v) is 6.63. The lowest BCUT2D eigenvalue weighted by Crippen LogP contribution is -2.43. The van der Waals surface area contributed by atoms with Gasteiger partial charge >= 0.3 is 6.09 Å². The van der Waals surface area contributed by atoms with Crippen LogP contribution >= 0.6 is 0 Å². The van der Waals surface area contributed by atoms with E-state index in [2.05, 4.69) is 10.6 Å². The van der Waals surface area contributed by atoms with Crippen molar-refractivity contribution < 1.29 is 14.3 Å². The van der Waals surface area contributed by atoms with Gasteiger partial charge in [-0.05, 0) is 32.3 Å². The second-order valence-electron chi connectivity index (χ2n) is 6.63. The van der Waals surface area contributed by atoms with Gasteiger partial charge in [0.15, 0.2) is 0 Å². The Balaban J connectivity index is 2.83. The van der Waals surface area contributed by atoms with Crippen LogP contribution < -0.4 is 10.6 Å². The van der Waals surface area contributed by atoms with Gasteiger partial charge in [0.1, 0.15) is 11.6 Å². The van der Waals surface area contributed by atoms with Crippen LogP contribution in [0.25, 0.3) is 0 Å². The summed E-state index contributed by atoms with van der Waals surface area (Å²) < 4.78 is 5.24. The van der Waals surface area contributed by atoms with Crippen molar-refractivity contribution in [3.8, 4) is 0 Å². The molecule has 0 saturated heterocycles. The maximum absolute atomic E-state index is 12.4. The van der Waals surface area contributed by atoms with E-state index < -0.39 is 17.7 Å². The molecule has 0 fully saturated rings. The molecule has 0 aliphatic heterocycles. The molecule has 22 heavy (non-hydrogen) atoms. The fourth-order valence-electron chi connectivity index (χ4n) is 1.78. The zero-order valence-corrected chi connectivity index (χ0v) is 14.0. The predicted octanol–water partition coefficient (Wildman–Crippen LogP) is 3.02. The number of amides is 2. The van der Waals surface area contributed by atoms with Crippen LogP contribution in [0.4, 0.5) is 4.79 Å². The average Bonchev–Trinajstić information content (AvgIpc) is 2.41. The lowest BCUT2D eigenvalue weighted by Gasteiger charge is -2.23. The van der Waals surface area contributed by atoms with Gasteiger partial charge in [-0.2, -0.15) is 0 Å². The Morgan fingerprint density at radius 1 is 1.14 bits per heavy atom. The highest BCUT2D eigenvalue weighted by molar-refractivity contribution is 5.86. The maximum atomic E-state index is 12.4. The molecule has 1 rings (SSSR count). The zero-order chi connectivity index (χ0) is 16.8. The molecule has 1 aromatic carbocycles. The quantitative estimate of drug-likeness (QED) is 0.878. The summed E-state index contributed by atoms with van der Waals surface area (Å²) in [5.74, 6) is 0.0904. The Hall–Kier alpha value is -2.04. The van der Waals surface area contributed by atoms with Crippen molar-refractivity contribution in [3.63, 3.8) is 0 Å². The van der Waals surface area contributed by atoms with Crippen molar-refractivity contribution in [2.45, 2.75) is 46.3 Å². The van der Waals surface area contributed by atoms with Crippen molar-refractivity contribution in [1.29, 1.82) is 0 Å². The van der Waals surface area contributed by atoms with Crippen LogP contribution in [-0.4, -0.2) is 24.1 Å². The Morgan fingerprint density at radius 3 is 2.23 bits per heavy atom. The highest BCUT2D eigenvalue weighted by atomic mass is 16.6. The third-order valence-corrected chi connectivity index (χ3v) is 2.74. The number of benzene rings is 1. The summed E-state index contributed by atoms with van der Waals surface area (Å²) in [6, 6.07) is 8.35. The molecule has 0 aliphatic carbocycles. The summed E-state index contributed by atoms with van der Waals surface area (Å²) in [4.78, 5) is 24.3.